The molecular formula is C28H39N3O3. The molecule has 0 radical (unpaired) electrons. The van der Waals surface area contributed by atoms with Crippen molar-refractivity contribution in [1.29, 1.82) is 0 Å². The van der Waals surface area contributed by atoms with Gasteiger partial charge in [-0.1, -0.05) is 18.2 Å². The average molecular weight is 466 g/mol. The van der Waals surface area contributed by atoms with E-state index in [1.165, 1.54) is 22.4 Å². The highest BCUT2D eigenvalue weighted by atomic mass is 16.5. The minimum absolute atomic E-state index is 0.393. The smallest absolute Gasteiger partial charge is 0.119 e. The standard InChI is InChI=1S/C28H39N3O3/c1-22-21-33-17-11-30(22)10-3-14-34-26-8-9-27-24(18-26)19-29(2)20-28(27)23-4-6-25(7-5-23)31-12-15-32-16-13-31/h4-9,18,22,28H,3,10-17,19-21H2,1-2H3/t22-,28?/m0/s1. The molecule has 0 spiro atoms. The molecule has 0 saturated carbocycles. The number of nitrogens with zero attached hydrogens (tertiary/aromatic N) is 3. The van der Waals surface area contributed by atoms with Crippen LogP contribution in [-0.2, 0) is 16.0 Å². The van der Waals surface area contributed by atoms with Crippen molar-refractivity contribution < 1.29 is 14.2 Å². The maximum atomic E-state index is 6.17. The predicted molar refractivity (Wildman–Crippen MR) is 136 cm³/mol. The van der Waals surface area contributed by atoms with E-state index in [2.05, 4.69) is 71.1 Å². The van der Waals surface area contributed by atoms with Crippen molar-refractivity contribution in [2.24, 2.45) is 0 Å². The Bertz CT molecular complexity index is 929. The number of hydrogen-bond donors (Lipinski definition) is 0. The Labute approximate surface area is 204 Å². The Morgan fingerprint density at radius 2 is 1.76 bits per heavy atom. The van der Waals surface area contributed by atoms with E-state index < -0.39 is 0 Å². The molecule has 34 heavy (non-hydrogen) atoms. The van der Waals surface area contributed by atoms with Gasteiger partial charge in [0.2, 0.25) is 0 Å². The molecule has 0 bridgehead atoms. The molecule has 6 nitrogen and oxygen atoms in total. The summed E-state index contributed by atoms with van der Waals surface area (Å²) in [5, 5.41) is 0. The molecule has 2 aromatic carbocycles. The highest BCUT2D eigenvalue weighted by Gasteiger charge is 2.25. The predicted octanol–water partition coefficient (Wildman–Crippen LogP) is 3.59. The average Bonchev–Trinajstić information content (AvgIpc) is 2.87. The molecule has 0 aliphatic carbocycles. The first-order valence-electron chi connectivity index (χ1n) is 12.9. The molecule has 5 rings (SSSR count). The lowest BCUT2D eigenvalue weighted by Gasteiger charge is -2.34. The van der Waals surface area contributed by atoms with Crippen LogP contribution in [0.1, 0.15) is 36.0 Å². The van der Waals surface area contributed by atoms with Gasteiger partial charge in [0.15, 0.2) is 0 Å². The van der Waals surface area contributed by atoms with E-state index in [9.17, 15) is 0 Å². The molecule has 0 amide bonds. The van der Waals surface area contributed by atoms with Gasteiger partial charge < -0.3 is 24.0 Å². The maximum absolute atomic E-state index is 6.17. The molecular weight excluding hydrogens is 426 g/mol. The Hall–Kier alpha value is -2.12. The zero-order valence-corrected chi connectivity index (χ0v) is 20.7. The summed E-state index contributed by atoms with van der Waals surface area (Å²) in [6.07, 6.45) is 1.04. The van der Waals surface area contributed by atoms with Crippen molar-refractivity contribution >= 4 is 5.69 Å². The van der Waals surface area contributed by atoms with Gasteiger partial charge in [0, 0.05) is 56.9 Å². The molecule has 184 valence electrons. The topological polar surface area (TPSA) is 37.4 Å². The van der Waals surface area contributed by atoms with Crippen LogP contribution in [0.4, 0.5) is 5.69 Å². The number of hydrogen-bond acceptors (Lipinski definition) is 6. The SMILES string of the molecule is C[C@H]1COCCN1CCCOc1ccc2c(c1)CN(C)CC2c1ccc(N2CCOCC2)cc1. The molecule has 3 aliphatic heterocycles. The van der Waals surface area contributed by atoms with Gasteiger partial charge in [-0.25, -0.2) is 0 Å². The van der Waals surface area contributed by atoms with E-state index in [4.69, 9.17) is 14.2 Å². The second-order valence-electron chi connectivity index (χ2n) is 9.96. The third kappa shape index (κ3) is 5.57. The number of morpholine rings is 2. The van der Waals surface area contributed by atoms with Crippen LogP contribution >= 0.6 is 0 Å². The van der Waals surface area contributed by atoms with E-state index in [1.807, 2.05) is 0 Å². The number of anilines is 1. The van der Waals surface area contributed by atoms with Crippen LogP contribution in [0.15, 0.2) is 42.5 Å². The Balaban J connectivity index is 1.21. The zero-order valence-electron chi connectivity index (χ0n) is 20.7. The van der Waals surface area contributed by atoms with Gasteiger partial charge in [-0.15, -0.1) is 0 Å². The largest absolute Gasteiger partial charge is 0.494 e. The van der Waals surface area contributed by atoms with Crippen LogP contribution in [0.3, 0.4) is 0 Å². The first kappa shape index (κ1) is 23.6. The van der Waals surface area contributed by atoms with Crippen LogP contribution in [0.5, 0.6) is 5.75 Å². The normalized spacial score (nSPS) is 24.1. The summed E-state index contributed by atoms with van der Waals surface area (Å²) in [5.41, 5.74) is 5.51. The summed E-state index contributed by atoms with van der Waals surface area (Å²) in [6, 6.07) is 16.4. The zero-order chi connectivity index (χ0) is 23.3. The summed E-state index contributed by atoms with van der Waals surface area (Å²) < 4.78 is 17.2. The van der Waals surface area contributed by atoms with Crippen LogP contribution in [-0.4, -0.2) is 88.6 Å². The van der Waals surface area contributed by atoms with Crippen molar-refractivity contribution in [3.05, 3.63) is 59.2 Å². The van der Waals surface area contributed by atoms with Crippen molar-refractivity contribution in [3.8, 4) is 5.75 Å². The lowest BCUT2D eigenvalue weighted by atomic mass is 9.84. The highest BCUT2D eigenvalue weighted by molar-refractivity contribution is 5.51. The van der Waals surface area contributed by atoms with Crippen LogP contribution in [0.25, 0.3) is 0 Å². The summed E-state index contributed by atoms with van der Waals surface area (Å²) in [6.45, 7) is 12.4. The minimum Gasteiger partial charge on any atom is -0.494 e. The molecule has 2 saturated heterocycles. The van der Waals surface area contributed by atoms with Gasteiger partial charge in [-0.2, -0.15) is 0 Å². The van der Waals surface area contributed by atoms with E-state index in [1.54, 1.807) is 0 Å². The van der Waals surface area contributed by atoms with E-state index in [-0.39, 0.29) is 0 Å². The van der Waals surface area contributed by atoms with E-state index in [0.29, 0.717) is 12.0 Å². The Kier molecular flexibility index (Phi) is 7.70. The summed E-state index contributed by atoms with van der Waals surface area (Å²) in [4.78, 5) is 7.34. The molecule has 2 aromatic rings. The molecule has 3 aliphatic rings. The number of likely N-dealkylation sites (N-methyl/N-ethyl adjacent to an activating group) is 1. The number of fused-ring (bicyclic) bond motifs is 1. The van der Waals surface area contributed by atoms with Crippen molar-refractivity contribution in [2.75, 3.05) is 77.7 Å². The van der Waals surface area contributed by atoms with Crippen molar-refractivity contribution in [2.45, 2.75) is 31.8 Å². The summed E-state index contributed by atoms with van der Waals surface area (Å²) >= 11 is 0. The third-order valence-electron chi connectivity index (χ3n) is 7.46. The number of benzene rings is 2. The summed E-state index contributed by atoms with van der Waals surface area (Å²) in [5.74, 6) is 1.38. The second kappa shape index (κ2) is 11.1. The summed E-state index contributed by atoms with van der Waals surface area (Å²) in [7, 11) is 2.22. The third-order valence-corrected chi connectivity index (χ3v) is 7.46. The molecule has 0 aromatic heterocycles. The first-order chi connectivity index (χ1) is 16.7. The van der Waals surface area contributed by atoms with Gasteiger partial charge in [-0.3, -0.25) is 4.90 Å². The number of rotatable bonds is 7. The maximum Gasteiger partial charge on any atom is 0.119 e. The molecule has 0 N–H and O–H groups in total. The van der Waals surface area contributed by atoms with Gasteiger partial charge in [0.1, 0.15) is 5.75 Å². The van der Waals surface area contributed by atoms with Gasteiger partial charge >= 0.3 is 0 Å². The fourth-order valence-electron chi connectivity index (χ4n) is 5.49. The molecule has 2 atom stereocenters. The van der Waals surface area contributed by atoms with E-state index >= 15 is 0 Å². The fraction of sp³-hybridized carbons (Fsp3) is 0.571. The highest BCUT2D eigenvalue weighted by Crippen LogP contribution is 2.35. The van der Waals surface area contributed by atoms with Gasteiger partial charge in [-0.05, 0) is 61.3 Å². The van der Waals surface area contributed by atoms with Crippen LogP contribution < -0.4 is 9.64 Å². The monoisotopic (exact) mass is 465 g/mol. The minimum atomic E-state index is 0.393. The molecule has 6 heteroatoms. The van der Waals surface area contributed by atoms with Gasteiger partial charge in [0.25, 0.3) is 0 Å². The molecule has 1 unspecified atom stereocenters. The molecule has 2 fully saturated rings. The fourth-order valence-corrected chi connectivity index (χ4v) is 5.49. The lowest BCUT2D eigenvalue weighted by Crippen LogP contribution is -2.44. The van der Waals surface area contributed by atoms with Crippen LogP contribution in [0.2, 0.25) is 0 Å². The Morgan fingerprint density at radius 3 is 2.56 bits per heavy atom. The lowest BCUT2D eigenvalue weighted by molar-refractivity contribution is -0.00201. The second-order valence-corrected chi connectivity index (χ2v) is 9.96. The van der Waals surface area contributed by atoms with Crippen LogP contribution in [0, 0.1) is 0 Å². The van der Waals surface area contributed by atoms with Crippen molar-refractivity contribution in [1.82, 2.24) is 9.80 Å². The molecule has 3 heterocycles. The first-order valence-corrected chi connectivity index (χ1v) is 12.9. The quantitative estimate of drug-likeness (QED) is 0.582. The number of ether oxygens (including phenoxy) is 3. The van der Waals surface area contributed by atoms with Crippen molar-refractivity contribution in [3.63, 3.8) is 0 Å². The van der Waals surface area contributed by atoms with Gasteiger partial charge in [0.05, 0.1) is 33.0 Å². The Morgan fingerprint density at radius 1 is 0.971 bits per heavy atom. The van der Waals surface area contributed by atoms with E-state index in [0.717, 1.165) is 84.5 Å².